The average Bonchev–Trinajstić information content (AvgIpc) is 3.52. The lowest BCUT2D eigenvalue weighted by Crippen LogP contribution is -2.33. The highest BCUT2D eigenvalue weighted by molar-refractivity contribution is 6.12. The summed E-state index contributed by atoms with van der Waals surface area (Å²) in [5, 5.41) is 2.79. The van der Waals surface area contributed by atoms with E-state index in [1.165, 1.54) is 34.4 Å². The topological polar surface area (TPSA) is 122 Å². The van der Waals surface area contributed by atoms with Crippen molar-refractivity contribution in [1.82, 2.24) is 10.2 Å². The van der Waals surface area contributed by atoms with E-state index >= 15 is 0 Å². The molecule has 0 saturated carbocycles. The maximum Gasteiger partial charge on any atom is 0.407 e. The highest BCUT2D eigenvalue weighted by Gasteiger charge is 2.29. The zero-order chi connectivity index (χ0) is 30.1. The Balaban J connectivity index is 0.888. The number of nitrogens with one attached hydrogen (secondary N) is 1. The Morgan fingerprint density at radius 2 is 1.12 bits per heavy atom. The van der Waals surface area contributed by atoms with Gasteiger partial charge in [0.2, 0.25) is 0 Å². The van der Waals surface area contributed by atoms with Crippen LogP contribution in [0.4, 0.5) is 4.79 Å². The van der Waals surface area contributed by atoms with Gasteiger partial charge >= 0.3 is 6.09 Å². The van der Waals surface area contributed by atoms with Crippen LogP contribution in [0, 0.1) is 0 Å². The zero-order valence-electron chi connectivity index (χ0n) is 24.4. The van der Waals surface area contributed by atoms with Crippen LogP contribution in [0.25, 0.3) is 11.1 Å². The first-order chi connectivity index (χ1) is 21.1. The SMILES string of the molecule is O=C(NCCCOCCOCCOCCOCCOCCN1C(=O)C=CC1=O)OCC1c2ccccc2-c2ccccc21. The molecule has 11 heteroatoms. The normalized spacial score (nSPS) is 13.9. The average molecular weight is 597 g/mol. The van der Waals surface area contributed by atoms with Gasteiger partial charge in [0.05, 0.1) is 66.0 Å². The van der Waals surface area contributed by atoms with Gasteiger partial charge in [0.1, 0.15) is 6.61 Å². The van der Waals surface area contributed by atoms with Crippen molar-refractivity contribution in [2.24, 2.45) is 0 Å². The fourth-order valence-electron chi connectivity index (χ4n) is 4.80. The van der Waals surface area contributed by atoms with Crippen LogP contribution in [0.1, 0.15) is 23.5 Å². The van der Waals surface area contributed by atoms with Crippen LogP contribution >= 0.6 is 0 Å². The van der Waals surface area contributed by atoms with Crippen LogP contribution in [-0.2, 0) is 38.0 Å². The molecule has 0 unspecified atom stereocenters. The minimum atomic E-state index is -0.424. The van der Waals surface area contributed by atoms with Gasteiger partial charge in [0, 0.05) is 31.2 Å². The molecule has 0 spiro atoms. The lowest BCUT2D eigenvalue weighted by atomic mass is 9.98. The van der Waals surface area contributed by atoms with Crippen LogP contribution < -0.4 is 5.32 Å². The number of alkyl carbamates (subject to hydrolysis) is 1. The molecular formula is C32H40N2O9. The van der Waals surface area contributed by atoms with Gasteiger partial charge in [-0.05, 0) is 28.7 Å². The molecule has 11 nitrogen and oxygen atoms in total. The predicted octanol–water partition coefficient (Wildman–Crippen LogP) is 2.92. The van der Waals surface area contributed by atoms with Gasteiger partial charge in [-0.15, -0.1) is 0 Å². The van der Waals surface area contributed by atoms with E-state index in [1.54, 1.807) is 0 Å². The number of fused-ring (bicyclic) bond motifs is 3. The molecule has 0 aromatic heterocycles. The molecule has 43 heavy (non-hydrogen) atoms. The standard InChI is InChI=1S/C32H40N2O9/c35-30-10-11-31(36)34(30)13-15-39-17-19-41-21-23-42-22-20-40-18-16-38-14-5-12-33-32(37)43-24-29-27-8-3-1-6-25(27)26-7-2-4-9-28(26)29/h1-4,6-11,29H,5,12-24H2,(H,33,37). The molecule has 2 aromatic carbocycles. The van der Waals surface area contributed by atoms with Crippen molar-refractivity contribution in [2.45, 2.75) is 12.3 Å². The summed E-state index contributed by atoms with van der Waals surface area (Å²) in [5.74, 6) is -0.572. The Hall–Kier alpha value is -3.61. The van der Waals surface area contributed by atoms with Crippen molar-refractivity contribution >= 4 is 17.9 Å². The minimum absolute atomic E-state index is 0.0456. The van der Waals surface area contributed by atoms with Gasteiger partial charge < -0.3 is 33.7 Å². The molecular weight excluding hydrogens is 556 g/mol. The van der Waals surface area contributed by atoms with Gasteiger partial charge in [0.25, 0.3) is 11.8 Å². The van der Waals surface area contributed by atoms with Gasteiger partial charge in [-0.3, -0.25) is 14.5 Å². The summed E-state index contributed by atoms with van der Waals surface area (Å²) < 4.78 is 32.8. The number of hydrogen-bond acceptors (Lipinski definition) is 9. The molecule has 3 amide bonds. The molecule has 0 atom stereocenters. The van der Waals surface area contributed by atoms with Gasteiger partial charge in [-0.1, -0.05) is 48.5 Å². The lowest BCUT2D eigenvalue weighted by Gasteiger charge is -2.14. The Bertz CT molecular complexity index is 1160. The number of carbonyl (C=O) groups is 3. The number of imide groups is 1. The maximum atomic E-state index is 12.2. The predicted molar refractivity (Wildman–Crippen MR) is 158 cm³/mol. The summed E-state index contributed by atoms with van der Waals surface area (Å²) in [5.41, 5.74) is 4.78. The van der Waals surface area contributed by atoms with Gasteiger partial charge in [-0.25, -0.2) is 4.79 Å². The summed E-state index contributed by atoms with van der Waals surface area (Å²) in [4.78, 5) is 36.2. The van der Waals surface area contributed by atoms with Crippen molar-refractivity contribution in [2.75, 3.05) is 85.8 Å². The molecule has 232 valence electrons. The van der Waals surface area contributed by atoms with Crippen molar-refractivity contribution in [1.29, 1.82) is 0 Å². The van der Waals surface area contributed by atoms with Gasteiger partial charge in [0.15, 0.2) is 0 Å². The third-order valence-corrected chi connectivity index (χ3v) is 6.93. The molecule has 0 fully saturated rings. The second kappa shape index (κ2) is 18.1. The van der Waals surface area contributed by atoms with E-state index in [1.807, 2.05) is 24.3 Å². The van der Waals surface area contributed by atoms with E-state index in [4.69, 9.17) is 28.4 Å². The summed E-state index contributed by atoms with van der Waals surface area (Å²) in [6, 6.07) is 16.5. The van der Waals surface area contributed by atoms with Crippen molar-refractivity contribution in [3.63, 3.8) is 0 Å². The van der Waals surface area contributed by atoms with Crippen LogP contribution in [0.2, 0.25) is 0 Å². The molecule has 2 aromatic rings. The first-order valence-corrected chi connectivity index (χ1v) is 14.7. The molecule has 2 aliphatic rings. The summed E-state index contributed by atoms with van der Waals surface area (Å²) in [7, 11) is 0. The number of ether oxygens (including phenoxy) is 6. The number of nitrogens with zero attached hydrogens (tertiary/aromatic N) is 1. The third-order valence-electron chi connectivity index (χ3n) is 6.93. The molecule has 0 saturated heterocycles. The maximum absolute atomic E-state index is 12.2. The molecule has 4 rings (SSSR count). The number of hydrogen-bond donors (Lipinski definition) is 1. The van der Waals surface area contributed by atoms with Crippen LogP contribution in [0.15, 0.2) is 60.7 Å². The fraction of sp³-hybridized carbons (Fsp3) is 0.469. The summed E-state index contributed by atoms with van der Waals surface area (Å²) in [6.07, 6.45) is 2.76. The van der Waals surface area contributed by atoms with E-state index in [0.717, 1.165) is 4.90 Å². The monoisotopic (exact) mass is 596 g/mol. The quantitative estimate of drug-likeness (QED) is 0.171. The highest BCUT2D eigenvalue weighted by atomic mass is 16.6. The number of amides is 3. The highest BCUT2D eigenvalue weighted by Crippen LogP contribution is 2.44. The third kappa shape index (κ3) is 10.3. The smallest absolute Gasteiger partial charge is 0.407 e. The summed E-state index contributed by atoms with van der Waals surface area (Å²) >= 11 is 0. The number of rotatable bonds is 21. The number of benzene rings is 2. The molecule has 1 aliphatic carbocycles. The molecule has 0 bridgehead atoms. The van der Waals surface area contributed by atoms with Crippen LogP contribution in [-0.4, -0.2) is 109 Å². The van der Waals surface area contributed by atoms with Gasteiger partial charge in [-0.2, -0.15) is 0 Å². The fourth-order valence-corrected chi connectivity index (χ4v) is 4.80. The first kappa shape index (κ1) is 32.3. The Morgan fingerprint density at radius 1 is 0.651 bits per heavy atom. The Kier molecular flexibility index (Phi) is 13.6. The zero-order valence-corrected chi connectivity index (χ0v) is 24.4. The van der Waals surface area contributed by atoms with Crippen molar-refractivity contribution < 1.29 is 42.8 Å². The second-order valence-electron chi connectivity index (χ2n) is 9.83. The van der Waals surface area contributed by atoms with E-state index in [-0.39, 0.29) is 30.9 Å². The number of carbonyl (C=O) groups excluding carboxylic acids is 3. The van der Waals surface area contributed by atoms with E-state index in [9.17, 15) is 14.4 Å². The molecule has 1 aliphatic heterocycles. The molecule has 1 N–H and O–H groups in total. The van der Waals surface area contributed by atoms with Crippen molar-refractivity contribution in [3.8, 4) is 11.1 Å². The lowest BCUT2D eigenvalue weighted by molar-refractivity contribution is -0.137. The van der Waals surface area contributed by atoms with Crippen LogP contribution in [0.5, 0.6) is 0 Å². The largest absolute Gasteiger partial charge is 0.449 e. The van der Waals surface area contributed by atoms with E-state index in [0.29, 0.717) is 79.0 Å². The first-order valence-electron chi connectivity index (χ1n) is 14.7. The molecule has 1 heterocycles. The summed E-state index contributed by atoms with van der Waals surface area (Å²) in [6.45, 7) is 5.28. The van der Waals surface area contributed by atoms with E-state index < -0.39 is 6.09 Å². The Labute approximate surface area is 252 Å². The molecule has 0 radical (unpaired) electrons. The van der Waals surface area contributed by atoms with Crippen LogP contribution in [0.3, 0.4) is 0 Å². The second-order valence-corrected chi connectivity index (χ2v) is 9.83. The van der Waals surface area contributed by atoms with Crippen molar-refractivity contribution in [3.05, 3.63) is 71.8 Å². The minimum Gasteiger partial charge on any atom is -0.449 e. The Morgan fingerprint density at radius 3 is 1.65 bits per heavy atom. The van der Waals surface area contributed by atoms with E-state index in [2.05, 4.69) is 29.6 Å².